The molecule has 140 valence electrons. The summed E-state index contributed by atoms with van der Waals surface area (Å²) >= 11 is 0. The molecule has 0 bridgehead atoms. The SMILES string of the molecule is Cc1cc(C)cc(NC(N)=NCCS(=O)(=O)N2CC(C)OC(C)C2)c1. The summed E-state index contributed by atoms with van der Waals surface area (Å²) in [7, 11) is -3.37. The van der Waals surface area contributed by atoms with Gasteiger partial charge in [-0.2, -0.15) is 4.31 Å². The van der Waals surface area contributed by atoms with Crippen LogP contribution in [0.2, 0.25) is 0 Å². The molecule has 8 heteroatoms. The average molecular weight is 369 g/mol. The molecule has 0 radical (unpaired) electrons. The summed E-state index contributed by atoms with van der Waals surface area (Å²) in [5.41, 5.74) is 8.95. The molecule has 25 heavy (non-hydrogen) atoms. The summed E-state index contributed by atoms with van der Waals surface area (Å²) in [6.45, 7) is 8.64. The van der Waals surface area contributed by atoms with E-state index in [0.29, 0.717) is 13.1 Å². The van der Waals surface area contributed by atoms with Gasteiger partial charge in [0.2, 0.25) is 10.0 Å². The van der Waals surface area contributed by atoms with Gasteiger partial charge in [-0.1, -0.05) is 6.07 Å². The number of rotatable bonds is 5. The zero-order valence-electron chi connectivity index (χ0n) is 15.3. The largest absolute Gasteiger partial charge is 0.373 e. The molecule has 1 heterocycles. The number of nitrogens with zero attached hydrogens (tertiary/aromatic N) is 2. The molecule has 7 nitrogen and oxygen atoms in total. The fourth-order valence-electron chi connectivity index (χ4n) is 3.00. The van der Waals surface area contributed by atoms with Gasteiger partial charge in [-0.25, -0.2) is 8.42 Å². The number of nitrogens with one attached hydrogen (secondary N) is 1. The first-order valence-corrected chi connectivity index (χ1v) is 10.0. The van der Waals surface area contributed by atoms with Gasteiger partial charge < -0.3 is 15.8 Å². The van der Waals surface area contributed by atoms with Crippen LogP contribution in [0.15, 0.2) is 23.2 Å². The maximum absolute atomic E-state index is 12.4. The Morgan fingerprint density at radius 3 is 2.36 bits per heavy atom. The second kappa shape index (κ2) is 8.16. The lowest BCUT2D eigenvalue weighted by atomic mass is 10.1. The Labute approximate surface area is 150 Å². The monoisotopic (exact) mass is 368 g/mol. The van der Waals surface area contributed by atoms with Crippen LogP contribution >= 0.6 is 0 Å². The zero-order chi connectivity index (χ0) is 18.6. The van der Waals surface area contributed by atoms with E-state index >= 15 is 0 Å². The fraction of sp³-hybridized carbons (Fsp3) is 0.588. The van der Waals surface area contributed by atoms with Crippen molar-refractivity contribution in [3.8, 4) is 0 Å². The molecule has 0 amide bonds. The van der Waals surface area contributed by atoms with Crippen molar-refractivity contribution in [3.63, 3.8) is 0 Å². The van der Waals surface area contributed by atoms with E-state index in [1.54, 1.807) is 0 Å². The molecule has 1 aliphatic heterocycles. The topological polar surface area (TPSA) is 97.0 Å². The van der Waals surface area contributed by atoms with Crippen molar-refractivity contribution in [2.45, 2.75) is 39.9 Å². The molecule has 2 unspecified atom stereocenters. The molecule has 1 aromatic rings. The first-order chi connectivity index (χ1) is 11.7. The highest BCUT2D eigenvalue weighted by molar-refractivity contribution is 7.89. The van der Waals surface area contributed by atoms with Crippen molar-refractivity contribution in [3.05, 3.63) is 29.3 Å². The molecule has 2 rings (SSSR count). The molecule has 0 aliphatic carbocycles. The lowest BCUT2D eigenvalue weighted by Gasteiger charge is -2.34. The molecular formula is C17H28N4O3S. The summed E-state index contributed by atoms with van der Waals surface area (Å²) in [6.07, 6.45) is -0.198. The smallest absolute Gasteiger partial charge is 0.216 e. The molecular weight excluding hydrogens is 340 g/mol. The normalized spacial score (nSPS) is 22.8. The number of morpholine rings is 1. The van der Waals surface area contributed by atoms with E-state index in [4.69, 9.17) is 10.5 Å². The lowest BCUT2D eigenvalue weighted by molar-refractivity contribution is -0.0440. The van der Waals surface area contributed by atoms with Gasteiger partial charge in [-0.15, -0.1) is 0 Å². The van der Waals surface area contributed by atoms with E-state index in [1.165, 1.54) is 4.31 Å². The first kappa shape index (κ1) is 19.7. The maximum atomic E-state index is 12.4. The average Bonchev–Trinajstić information content (AvgIpc) is 2.44. The van der Waals surface area contributed by atoms with Crippen LogP contribution in [0.1, 0.15) is 25.0 Å². The predicted octanol–water partition coefficient (Wildman–Crippen LogP) is 1.47. The number of aryl methyl sites for hydroxylation is 2. The number of anilines is 1. The van der Waals surface area contributed by atoms with Crippen LogP contribution < -0.4 is 11.1 Å². The van der Waals surface area contributed by atoms with Crippen LogP contribution in [0.25, 0.3) is 0 Å². The number of aliphatic imine (C=N–C) groups is 1. The Morgan fingerprint density at radius 2 is 1.80 bits per heavy atom. The third-order valence-electron chi connectivity index (χ3n) is 3.90. The van der Waals surface area contributed by atoms with Gasteiger partial charge >= 0.3 is 0 Å². The minimum absolute atomic E-state index is 0.0678. The summed E-state index contributed by atoms with van der Waals surface area (Å²) in [6, 6.07) is 5.99. The van der Waals surface area contributed by atoms with Gasteiger partial charge in [0.05, 0.1) is 24.5 Å². The van der Waals surface area contributed by atoms with E-state index in [-0.39, 0.29) is 30.5 Å². The number of sulfonamides is 1. The van der Waals surface area contributed by atoms with Gasteiger partial charge in [0, 0.05) is 18.8 Å². The van der Waals surface area contributed by atoms with Crippen molar-refractivity contribution in [2.24, 2.45) is 10.7 Å². The number of hydrogen-bond acceptors (Lipinski definition) is 4. The number of guanidine groups is 1. The van der Waals surface area contributed by atoms with E-state index in [2.05, 4.69) is 16.4 Å². The van der Waals surface area contributed by atoms with Crippen molar-refractivity contribution in [1.82, 2.24) is 4.31 Å². The maximum Gasteiger partial charge on any atom is 0.216 e. The molecule has 1 saturated heterocycles. The Hall–Kier alpha value is -1.64. The van der Waals surface area contributed by atoms with Crippen molar-refractivity contribution < 1.29 is 13.2 Å². The molecule has 1 fully saturated rings. The second-order valence-corrected chi connectivity index (χ2v) is 8.75. The lowest BCUT2D eigenvalue weighted by Crippen LogP contribution is -2.49. The third kappa shape index (κ3) is 5.98. The van der Waals surface area contributed by atoms with Crippen LogP contribution in [0.3, 0.4) is 0 Å². The predicted molar refractivity (Wildman–Crippen MR) is 101 cm³/mol. The minimum atomic E-state index is -3.37. The summed E-state index contributed by atoms with van der Waals surface area (Å²) < 4.78 is 31.9. The highest BCUT2D eigenvalue weighted by atomic mass is 32.2. The summed E-state index contributed by atoms with van der Waals surface area (Å²) in [5, 5.41) is 3.00. The molecule has 1 aliphatic rings. The summed E-state index contributed by atoms with van der Waals surface area (Å²) in [5.74, 6) is 0.144. The number of benzene rings is 1. The fourth-order valence-corrected chi connectivity index (χ4v) is 4.46. The highest BCUT2D eigenvalue weighted by Gasteiger charge is 2.30. The standard InChI is InChI=1S/C17H28N4O3S/c1-12-7-13(2)9-16(8-12)20-17(18)19-5-6-25(22,23)21-10-14(3)24-15(4)11-21/h7-9,14-15H,5-6,10-11H2,1-4H3,(H3,18,19,20). The van der Waals surface area contributed by atoms with Gasteiger partial charge in [0.1, 0.15) is 0 Å². The second-order valence-electron chi connectivity index (χ2n) is 6.66. The number of ether oxygens (including phenoxy) is 1. The van der Waals surface area contributed by atoms with Crippen LogP contribution in [0.5, 0.6) is 0 Å². The van der Waals surface area contributed by atoms with E-state index in [0.717, 1.165) is 16.8 Å². The minimum Gasteiger partial charge on any atom is -0.373 e. The van der Waals surface area contributed by atoms with Crippen molar-refractivity contribution >= 4 is 21.7 Å². The van der Waals surface area contributed by atoms with Crippen LogP contribution in [0.4, 0.5) is 5.69 Å². The van der Waals surface area contributed by atoms with Crippen LogP contribution in [-0.4, -0.2) is 56.3 Å². The Balaban J connectivity index is 1.92. The molecule has 3 N–H and O–H groups in total. The van der Waals surface area contributed by atoms with Gasteiger partial charge in [-0.3, -0.25) is 4.99 Å². The van der Waals surface area contributed by atoms with Crippen molar-refractivity contribution in [2.75, 3.05) is 30.7 Å². The Bertz CT molecular complexity index is 703. The van der Waals surface area contributed by atoms with Crippen LogP contribution in [0, 0.1) is 13.8 Å². The van der Waals surface area contributed by atoms with E-state index in [1.807, 2.05) is 39.8 Å². The van der Waals surface area contributed by atoms with Gasteiger partial charge in [0.25, 0.3) is 0 Å². The van der Waals surface area contributed by atoms with E-state index < -0.39 is 10.0 Å². The molecule has 2 atom stereocenters. The number of hydrogen-bond donors (Lipinski definition) is 2. The molecule has 0 spiro atoms. The highest BCUT2D eigenvalue weighted by Crippen LogP contribution is 2.15. The van der Waals surface area contributed by atoms with Crippen LogP contribution in [-0.2, 0) is 14.8 Å². The summed E-state index contributed by atoms with van der Waals surface area (Å²) in [4.78, 5) is 4.14. The third-order valence-corrected chi connectivity index (χ3v) is 5.69. The molecule has 0 aromatic heterocycles. The quantitative estimate of drug-likeness (QED) is 0.606. The Kier molecular flexibility index (Phi) is 6.42. The number of nitrogens with two attached hydrogens (primary N) is 1. The first-order valence-electron chi connectivity index (χ1n) is 8.44. The Morgan fingerprint density at radius 1 is 1.24 bits per heavy atom. The molecule has 0 saturated carbocycles. The van der Waals surface area contributed by atoms with E-state index in [9.17, 15) is 8.42 Å². The van der Waals surface area contributed by atoms with Crippen molar-refractivity contribution in [1.29, 1.82) is 0 Å². The van der Waals surface area contributed by atoms with Gasteiger partial charge in [-0.05, 0) is 51.0 Å². The van der Waals surface area contributed by atoms with Gasteiger partial charge in [0.15, 0.2) is 5.96 Å². The molecule has 1 aromatic carbocycles. The zero-order valence-corrected chi connectivity index (χ0v) is 16.1.